The molecule has 0 aliphatic heterocycles. The molecule has 6 N–H and O–H groups in total. The molecule has 0 heterocycles. The van der Waals surface area contributed by atoms with Crippen molar-refractivity contribution in [2.45, 2.75) is 0 Å². The fourth-order valence-electron chi connectivity index (χ4n) is 1.57. The van der Waals surface area contributed by atoms with Crippen molar-refractivity contribution in [1.29, 1.82) is 0 Å². The Bertz CT molecular complexity index is 644. The lowest BCUT2D eigenvalue weighted by Crippen LogP contribution is -2.22. The summed E-state index contributed by atoms with van der Waals surface area (Å²) in [4.78, 5) is 22.9. The average Bonchev–Trinajstić information content (AvgIpc) is 2.33. The second kappa shape index (κ2) is 7.03. The zero-order chi connectivity index (χ0) is 12.6. The largest absolute Gasteiger partial charge is 0.412 e. The van der Waals surface area contributed by atoms with E-state index in [-0.39, 0.29) is 27.6 Å². The third kappa shape index (κ3) is 3.15. The highest BCUT2D eigenvalue weighted by molar-refractivity contribution is 7.91. The van der Waals surface area contributed by atoms with Crippen LogP contribution in [0.3, 0.4) is 0 Å². The van der Waals surface area contributed by atoms with E-state index in [1.165, 1.54) is 12.1 Å². The van der Waals surface area contributed by atoms with Crippen LogP contribution in [0.15, 0.2) is 35.2 Å². The minimum atomic E-state index is -4.16. The SMILES string of the molecule is COS(=O)(=O)C1=CC(=O)c2ccccc2C1=O.O.O.O. The molecule has 1 aliphatic carbocycles. The molecule has 0 radical (unpaired) electrons. The van der Waals surface area contributed by atoms with Crippen LogP contribution in [0.25, 0.3) is 0 Å². The fourth-order valence-corrected chi connectivity index (χ4v) is 2.33. The molecule has 0 saturated heterocycles. The van der Waals surface area contributed by atoms with Gasteiger partial charge in [0.15, 0.2) is 5.78 Å². The van der Waals surface area contributed by atoms with Crippen LogP contribution in [0.1, 0.15) is 20.7 Å². The molecule has 2 rings (SSSR count). The predicted octanol–water partition coefficient (Wildman–Crippen LogP) is -1.55. The first-order valence-corrected chi connectivity index (χ1v) is 6.08. The van der Waals surface area contributed by atoms with E-state index in [1.54, 1.807) is 12.1 Å². The molecule has 1 aromatic rings. The van der Waals surface area contributed by atoms with E-state index in [2.05, 4.69) is 4.18 Å². The molecular weight excluding hydrogens is 292 g/mol. The summed E-state index contributed by atoms with van der Waals surface area (Å²) in [5.41, 5.74) is 0.281. The second-order valence-electron chi connectivity index (χ2n) is 3.37. The van der Waals surface area contributed by atoms with Crippen molar-refractivity contribution < 1.29 is 38.6 Å². The molecule has 0 atom stereocenters. The molecule has 0 fully saturated rings. The van der Waals surface area contributed by atoms with Gasteiger partial charge in [-0.3, -0.25) is 13.8 Å². The number of carbonyl (C=O) groups excluding carboxylic acids is 2. The molecule has 1 aliphatic rings. The summed E-state index contributed by atoms with van der Waals surface area (Å²) in [6, 6.07) is 6.05. The lowest BCUT2D eigenvalue weighted by molar-refractivity contribution is 0.0989. The van der Waals surface area contributed by atoms with E-state index in [4.69, 9.17) is 0 Å². The minimum absolute atomic E-state index is 0. The summed E-state index contributed by atoms with van der Waals surface area (Å²) in [5, 5.41) is 0. The number of hydrogen-bond acceptors (Lipinski definition) is 5. The van der Waals surface area contributed by atoms with Crippen LogP contribution in [0.4, 0.5) is 0 Å². The van der Waals surface area contributed by atoms with E-state index in [0.717, 1.165) is 13.2 Å². The van der Waals surface area contributed by atoms with Crippen LogP contribution < -0.4 is 0 Å². The summed E-state index contributed by atoms with van der Waals surface area (Å²) in [7, 11) is -3.22. The smallest absolute Gasteiger partial charge is 0.300 e. The number of ketones is 2. The average molecular weight is 306 g/mol. The summed E-state index contributed by atoms with van der Waals surface area (Å²) < 4.78 is 27.2. The topological polar surface area (TPSA) is 172 Å². The van der Waals surface area contributed by atoms with Crippen molar-refractivity contribution in [1.82, 2.24) is 0 Å². The Morgan fingerprint density at radius 1 is 0.950 bits per heavy atom. The van der Waals surface area contributed by atoms with Gasteiger partial charge in [0.2, 0.25) is 5.78 Å². The number of benzene rings is 1. The van der Waals surface area contributed by atoms with Crippen LogP contribution in [0, 0.1) is 0 Å². The van der Waals surface area contributed by atoms with Gasteiger partial charge in [-0.2, -0.15) is 8.42 Å². The monoisotopic (exact) mass is 306 g/mol. The number of carbonyl (C=O) groups is 2. The van der Waals surface area contributed by atoms with Gasteiger partial charge in [-0.15, -0.1) is 0 Å². The first-order chi connectivity index (χ1) is 7.97. The van der Waals surface area contributed by atoms with Gasteiger partial charge in [0, 0.05) is 17.2 Å². The summed E-state index contributed by atoms with van der Waals surface area (Å²) in [6.45, 7) is 0. The van der Waals surface area contributed by atoms with E-state index < -0.39 is 26.6 Å². The number of rotatable bonds is 2. The van der Waals surface area contributed by atoms with Crippen LogP contribution >= 0.6 is 0 Å². The number of hydrogen-bond donors (Lipinski definition) is 0. The first-order valence-electron chi connectivity index (χ1n) is 4.68. The van der Waals surface area contributed by atoms with E-state index >= 15 is 0 Å². The molecule has 0 aromatic heterocycles. The molecule has 0 amide bonds. The molecule has 0 spiro atoms. The third-order valence-electron chi connectivity index (χ3n) is 2.41. The van der Waals surface area contributed by atoms with Crippen LogP contribution in [-0.4, -0.2) is 43.5 Å². The maximum atomic E-state index is 11.9. The fraction of sp³-hybridized carbons (Fsp3) is 0.0909. The first kappa shape index (κ1) is 20.4. The molecule has 20 heavy (non-hydrogen) atoms. The molecule has 0 bridgehead atoms. The quantitative estimate of drug-likeness (QED) is 0.600. The molecule has 0 saturated carbocycles. The summed E-state index contributed by atoms with van der Waals surface area (Å²) in [6.07, 6.45) is 0.795. The lowest BCUT2D eigenvalue weighted by Gasteiger charge is -2.13. The van der Waals surface area contributed by atoms with Gasteiger partial charge in [0.25, 0.3) is 0 Å². The van der Waals surface area contributed by atoms with Crippen molar-refractivity contribution >= 4 is 21.7 Å². The Balaban J connectivity index is 0. The van der Waals surface area contributed by atoms with Crippen LogP contribution in [0.2, 0.25) is 0 Å². The predicted molar refractivity (Wildman–Crippen MR) is 70.0 cm³/mol. The maximum absolute atomic E-state index is 11.9. The molecule has 1 aromatic carbocycles. The molecule has 112 valence electrons. The zero-order valence-corrected chi connectivity index (χ0v) is 11.2. The Morgan fingerprint density at radius 3 is 1.95 bits per heavy atom. The molecular formula is C11H14O8S. The highest BCUT2D eigenvalue weighted by atomic mass is 32.2. The highest BCUT2D eigenvalue weighted by Gasteiger charge is 2.33. The van der Waals surface area contributed by atoms with Crippen molar-refractivity contribution in [2.24, 2.45) is 0 Å². The minimum Gasteiger partial charge on any atom is -0.412 e. The maximum Gasteiger partial charge on any atom is 0.300 e. The highest BCUT2D eigenvalue weighted by Crippen LogP contribution is 2.24. The van der Waals surface area contributed by atoms with Gasteiger partial charge in [0.1, 0.15) is 4.91 Å². The van der Waals surface area contributed by atoms with Gasteiger partial charge in [0.05, 0.1) is 7.11 Å². The Labute approximate surface area is 114 Å². The van der Waals surface area contributed by atoms with E-state index in [0.29, 0.717) is 0 Å². The van der Waals surface area contributed by atoms with Crippen molar-refractivity contribution in [3.63, 3.8) is 0 Å². The van der Waals surface area contributed by atoms with Gasteiger partial charge in [-0.25, -0.2) is 0 Å². The Morgan fingerprint density at radius 2 is 1.45 bits per heavy atom. The second-order valence-corrected chi connectivity index (χ2v) is 5.05. The van der Waals surface area contributed by atoms with E-state index in [9.17, 15) is 18.0 Å². The lowest BCUT2D eigenvalue weighted by atomic mass is 9.95. The van der Waals surface area contributed by atoms with Crippen LogP contribution in [-0.2, 0) is 14.3 Å². The van der Waals surface area contributed by atoms with Gasteiger partial charge >= 0.3 is 10.1 Å². The van der Waals surface area contributed by atoms with Crippen molar-refractivity contribution in [3.8, 4) is 0 Å². The molecule has 8 nitrogen and oxygen atoms in total. The molecule has 0 unspecified atom stereocenters. The number of allylic oxidation sites excluding steroid dienone is 2. The van der Waals surface area contributed by atoms with Gasteiger partial charge in [-0.05, 0) is 0 Å². The summed E-state index contributed by atoms with van der Waals surface area (Å²) >= 11 is 0. The normalized spacial score (nSPS) is 13.2. The standard InChI is InChI=1S/C11H8O5S.3H2O/c1-16-17(14,15)10-6-9(12)7-4-2-3-5-8(7)11(10)13;;;/h2-6H,1H3;3*1H2. The Kier molecular flexibility index (Phi) is 7.17. The number of fused-ring (bicyclic) bond motifs is 1. The number of Topliss-reactive ketones (excluding diaryl/α,β-unsaturated/α-hetero) is 1. The van der Waals surface area contributed by atoms with Crippen molar-refractivity contribution in [2.75, 3.05) is 7.11 Å². The van der Waals surface area contributed by atoms with Gasteiger partial charge < -0.3 is 16.4 Å². The zero-order valence-electron chi connectivity index (χ0n) is 10.3. The molecule has 9 heteroatoms. The van der Waals surface area contributed by atoms with E-state index in [1.807, 2.05) is 0 Å². The summed E-state index contributed by atoms with van der Waals surface area (Å²) in [5.74, 6) is -1.24. The third-order valence-corrected chi connectivity index (χ3v) is 3.69. The Hall–Kier alpha value is -1.91. The van der Waals surface area contributed by atoms with Gasteiger partial charge in [-0.1, -0.05) is 24.3 Å². The van der Waals surface area contributed by atoms with Crippen LogP contribution in [0.5, 0.6) is 0 Å². The van der Waals surface area contributed by atoms with Crippen molar-refractivity contribution in [3.05, 3.63) is 46.4 Å².